The lowest BCUT2D eigenvalue weighted by Crippen LogP contribution is -2.29. The van der Waals surface area contributed by atoms with Gasteiger partial charge in [0.1, 0.15) is 5.75 Å². The molecule has 0 aliphatic rings. The minimum absolute atomic E-state index is 0.0425. The van der Waals surface area contributed by atoms with E-state index >= 15 is 0 Å². The Kier molecular flexibility index (Phi) is 6.55. The molecule has 162 valence electrons. The maximum absolute atomic E-state index is 13.0. The zero-order valence-electron chi connectivity index (χ0n) is 18.6. The Morgan fingerprint density at radius 3 is 2.19 bits per heavy atom. The van der Waals surface area contributed by atoms with E-state index in [2.05, 4.69) is 43.4 Å². The van der Waals surface area contributed by atoms with Crippen LogP contribution in [0, 0.1) is 0 Å². The molecule has 0 aliphatic carbocycles. The summed E-state index contributed by atoms with van der Waals surface area (Å²) in [6, 6.07) is 29.5. The summed E-state index contributed by atoms with van der Waals surface area (Å²) in [5.74, 6) is 0.568. The van der Waals surface area contributed by atoms with E-state index in [1.807, 2.05) is 60.7 Å². The number of phenols is 1. The Morgan fingerprint density at radius 1 is 0.812 bits per heavy atom. The van der Waals surface area contributed by atoms with Crippen LogP contribution in [0.15, 0.2) is 91.0 Å². The lowest BCUT2D eigenvalue weighted by atomic mass is 9.91. The maximum Gasteiger partial charge on any atom is 0.221 e. The van der Waals surface area contributed by atoms with E-state index < -0.39 is 6.04 Å². The first-order valence-electron chi connectivity index (χ1n) is 11.2. The largest absolute Gasteiger partial charge is 0.508 e. The quantitative estimate of drug-likeness (QED) is 0.356. The highest BCUT2D eigenvalue weighted by atomic mass is 16.3. The van der Waals surface area contributed by atoms with Crippen LogP contribution in [-0.2, 0) is 11.2 Å². The maximum atomic E-state index is 13.0. The zero-order chi connectivity index (χ0) is 22.5. The lowest BCUT2D eigenvalue weighted by molar-refractivity contribution is -0.121. The van der Waals surface area contributed by atoms with Crippen molar-refractivity contribution in [3.05, 3.63) is 113 Å². The van der Waals surface area contributed by atoms with Crippen molar-refractivity contribution in [2.75, 3.05) is 0 Å². The van der Waals surface area contributed by atoms with Crippen molar-refractivity contribution in [2.45, 2.75) is 38.6 Å². The normalized spacial score (nSPS) is 12.1. The Hall–Kier alpha value is -3.59. The van der Waals surface area contributed by atoms with Gasteiger partial charge in [0.25, 0.3) is 0 Å². The summed E-state index contributed by atoms with van der Waals surface area (Å²) >= 11 is 0. The van der Waals surface area contributed by atoms with Crippen LogP contribution in [0.4, 0.5) is 0 Å². The van der Waals surface area contributed by atoms with Crippen LogP contribution < -0.4 is 5.32 Å². The standard InChI is InChI=1S/C29H29NO2/c1-20(2)22-13-15-24(16-14-22)29(30-27(32)19-12-21-8-4-3-5-9-21)28-25-11-7-6-10-23(25)17-18-26(28)31/h3-11,13-18,20,29,31H,12,19H2,1-2H3,(H,30,32)/t29-/m0/s1. The summed E-state index contributed by atoms with van der Waals surface area (Å²) in [6.45, 7) is 4.32. The Labute approximate surface area is 189 Å². The number of aryl methyl sites for hydroxylation is 1. The molecule has 4 aromatic carbocycles. The zero-order valence-corrected chi connectivity index (χ0v) is 18.6. The van der Waals surface area contributed by atoms with E-state index in [0.29, 0.717) is 18.8 Å². The Morgan fingerprint density at radius 2 is 1.47 bits per heavy atom. The molecule has 0 bridgehead atoms. The van der Waals surface area contributed by atoms with Crippen LogP contribution in [0.5, 0.6) is 5.75 Å². The predicted octanol–water partition coefficient (Wildman–Crippen LogP) is 6.51. The number of amides is 1. The van der Waals surface area contributed by atoms with Crippen LogP contribution in [0.25, 0.3) is 10.8 Å². The van der Waals surface area contributed by atoms with Crippen LogP contribution in [0.2, 0.25) is 0 Å². The van der Waals surface area contributed by atoms with Gasteiger partial charge in [-0.3, -0.25) is 4.79 Å². The lowest BCUT2D eigenvalue weighted by Gasteiger charge is -2.23. The summed E-state index contributed by atoms with van der Waals surface area (Å²) in [6.07, 6.45) is 1.06. The first-order valence-corrected chi connectivity index (χ1v) is 11.2. The smallest absolute Gasteiger partial charge is 0.221 e. The molecule has 0 aliphatic heterocycles. The molecule has 0 fully saturated rings. The number of hydrogen-bond donors (Lipinski definition) is 2. The van der Waals surface area contributed by atoms with Gasteiger partial charge < -0.3 is 10.4 Å². The summed E-state index contributed by atoms with van der Waals surface area (Å²) in [7, 11) is 0. The van der Waals surface area contributed by atoms with Gasteiger partial charge >= 0.3 is 0 Å². The summed E-state index contributed by atoms with van der Waals surface area (Å²) in [5, 5.41) is 16.0. The van der Waals surface area contributed by atoms with Gasteiger partial charge in [-0.05, 0) is 45.9 Å². The molecule has 0 saturated carbocycles. The van der Waals surface area contributed by atoms with E-state index in [1.54, 1.807) is 6.07 Å². The molecule has 0 spiro atoms. The van der Waals surface area contributed by atoms with E-state index in [9.17, 15) is 9.90 Å². The number of phenolic OH excluding ortho intramolecular Hbond substituents is 1. The molecule has 0 unspecified atom stereocenters. The average molecular weight is 424 g/mol. The fraction of sp³-hybridized carbons (Fsp3) is 0.207. The van der Waals surface area contributed by atoms with Crippen molar-refractivity contribution < 1.29 is 9.90 Å². The summed E-state index contributed by atoms with van der Waals surface area (Å²) in [4.78, 5) is 13.0. The second-order valence-corrected chi connectivity index (χ2v) is 8.53. The second kappa shape index (κ2) is 9.69. The van der Waals surface area contributed by atoms with Gasteiger partial charge in [0.15, 0.2) is 0 Å². The van der Waals surface area contributed by atoms with Crippen molar-refractivity contribution in [2.24, 2.45) is 0 Å². The number of hydrogen-bond acceptors (Lipinski definition) is 2. The third-order valence-electron chi connectivity index (χ3n) is 5.96. The van der Waals surface area contributed by atoms with Crippen molar-refractivity contribution in [3.63, 3.8) is 0 Å². The molecule has 0 radical (unpaired) electrons. The minimum Gasteiger partial charge on any atom is -0.508 e. The fourth-order valence-electron chi connectivity index (χ4n) is 4.12. The number of carbonyl (C=O) groups is 1. The van der Waals surface area contributed by atoms with Gasteiger partial charge in [0.2, 0.25) is 5.91 Å². The van der Waals surface area contributed by atoms with Crippen molar-refractivity contribution in [3.8, 4) is 5.75 Å². The van der Waals surface area contributed by atoms with Gasteiger partial charge in [-0.25, -0.2) is 0 Å². The number of fused-ring (bicyclic) bond motifs is 1. The van der Waals surface area contributed by atoms with E-state index in [1.165, 1.54) is 5.56 Å². The van der Waals surface area contributed by atoms with Crippen LogP contribution in [0.3, 0.4) is 0 Å². The molecule has 3 nitrogen and oxygen atoms in total. The topological polar surface area (TPSA) is 49.3 Å². The molecule has 4 aromatic rings. The number of aromatic hydroxyl groups is 1. The van der Waals surface area contributed by atoms with Gasteiger partial charge in [0.05, 0.1) is 6.04 Å². The minimum atomic E-state index is -0.439. The predicted molar refractivity (Wildman–Crippen MR) is 131 cm³/mol. The molecular formula is C29H29NO2. The molecule has 4 rings (SSSR count). The number of carbonyl (C=O) groups excluding carboxylic acids is 1. The molecule has 1 atom stereocenters. The SMILES string of the molecule is CC(C)c1ccc([C@H](NC(=O)CCc2ccccc2)c2c(O)ccc3ccccc23)cc1. The summed E-state index contributed by atoms with van der Waals surface area (Å²) < 4.78 is 0. The third kappa shape index (κ3) is 4.83. The molecule has 0 aromatic heterocycles. The molecule has 1 amide bonds. The Balaban J connectivity index is 1.69. The van der Waals surface area contributed by atoms with Crippen molar-refractivity contribution in [1.82, 2.24) is 5.32 Å². The van der Waals surface area contributed by atoms with Gasteiger partial charge in [-0.15, -0.1) is 0 Å². The van der Waals surface area contributed by atoms with Crippen molar-refractivity contribution >= 4 is 16.7 Å². The number of rotatable bonds is 7. The van der Waals surface area contributed by atoms with E-state index in [4.69, 9.17) is 0 Å². The van der Waals surface area contributed by atoms with Crippen LogP contribution in [0.1, 0.15) is 54.5 Å². The van der Waals surface area contributed by atoms with Gasteiger partial charge in [-0.2, -0.15) is 0 Å². The van der Waals surface area contributed by atoms with Crippen LogP contribution >= 0.6 is 0 Å². The van der Waals surface area contributed by atoms with E-state index in [0.717, 1.165) is 27.5 Å². The molecular weight excluding hydrogens is 394 g/mol. The van der Waals surface area contributed by atoms with Crippen molar-refractivity contribution in [1.29, 1.82) is 0 Å². The number of benzene rings is 4. The molecule has 0 saturated heterocycles. The molecule has 2 N–H and O–H groups in total. The molecule has 32 heavy (non-hydrogen) atoms. The molecule has 3 heteroatoms. The third-order valence-corrected chi connectivity index (χ3v) is 5.96. The first-order chi connectivity index (χ1) is 15.5. The molecule has 0 heterocycles. The van der Waals surface area contributed by atoms with Gasteiger partial charge in [-0.1, -0.05) is 98.8 Å². The highest BCUT2D eigenvalue weighted by Gasteiger charge is 2.22. The highest BCUT2D eigenvalue weighted by molar-refractivity contribution is 5.89. The van der Waals surface area contributed by atoms with Crippen LogP contribution in [-0.4, -0.2) is 11.0 Å². The summed E-state index contributed by atoms with van der Waals surface area (Å²) in [5.41, 5.74) is 4.06. The van der Waals surface area contributed by atoms with E-state index in [-0.39, 0.29) is 11.7 Å². The number of nitrogens with one attached hydrogen (secondary N) is 1. The first kappa shape index (κ1) is 21.6. The second-order valence-electron chi connectivity index (χ2n) is 8.53. The fourth-order valence-corrected chi connectivity index (χ4v) is 4.12. The monoisotopic (exact) mass is 423 g/mol. The average Bonchev–Trinajstić information content (AvgIpc) is 2.82. The highest BCUT2D eigenvalue weighted by Crippen LogP contribution is 2.36. The van der Waals surface area contributed by atoms with Gasteiger partial charge in [0, 0.05) is 12.0 Å². The Bertz CT molecular complexity index is 1200.